The molecule has 0 fully saturated rings. The van der Waals surface area contributed by atoms with Gasteiger partial charge in [-0.15, -0.1) is 0 Å². The summed E-state index contributed by atoms with van der Waals surface area (Å²) in [6, 6.07) is 67.0. The average molecular weight is 821 g/mol. The highest BCUT2D eigenvalue weighted by Crippen LogP contribution is 2.62. The zero-order chi connectivity index (χ0) is 42.2. The van der Waals surface area contributed by atoms with Gasteiger partial charge in [0.15, 0.2) is 23.0 Å². The number of nitrogens with zero attached hydrogens (tertiary/aromatic N) is 4. The number of aromatic nitrogens is 3. The highest BCUT2D eigenvalue weighted by molar-refractivity contribution is 5.94. The van der Waals surface area contributed by atoms with Crippen LogP contribution in [0.4, 0.5) is 17.1 Å². The summed E-state index contributed by atoms with van der Waals surface area (Å²) in [5.41, 5.74) is 12.4. The lowest BCUT2D eigenvalue weighted by Crippen LogP contribution is -2.28. The summed E-state index contributed by atoms with van der Waals surface area (Å²) in [6.07, 6.45) is 9.37. The summed E-state index contributed by atoms with van der Waals surface area (Å²) in [6.45, 7) is 0. The van der Waals surface area contributed by atoms with Gasteiger partial charge < -0.3 is 14.4 Å². The van der Waals surface area contributed by atoms with Crippen molar-refractivity contribution in [3.05, 3.63) is 241 Å². The maximum absolute atomic E-state index is 6.82. The van der Waals surface area contributed by atoms with Crippen LogP contribution in [0.1, 0.15) is 22.3 Å². The van der Waals surface area contributed by atoms with E-state index in [0.29, 0.717) is 17.2 Å². The highest BCUT2D eigenvalue weighted by atomic mass is 16.6. The van der Waals surface area contributed by atoms with Gasteiger partial charge in [-0.25, -0.2) is 0 Å². The summed E-state index contributed by atoms with van der Waals surface area (Å²) in [5.74, 6) is 2.84. The van der Waals surface area contributed by atoms with Crippen molar-refractivity contribution in [1.82, 2.24) is 15.0 Å². The number of hydrogen-bond donors (Lipinski definition) is 0. The number of anilines is 3. The zero-order valence-corrected chi connectivity index (χ0v) is 34.4. The predicted molar refractivity (Wildman–Crippen MR) is 256 cm³/mol. The molecule has 1 unspecified atom stereocenters. The van der Waals surface area contributed by atoms with Gasteiger partial charge in [0.1, 0.15) is 0 Å². The van der Waals surface area contributed by atoms with E-state index in [4.69, 9.17) is 9.47 Å². The van der Waals surface area contributed by atoms with Crippen molar-refractivity contribution in [2.75, 3.05) is 4.90 Å². The van der Waals surface area contributed by atoms with Gasteiger partial charge in [-0.1, -0.05) is 103 Å². The van der Waals surface area contributed by atoms with Crippen LogP contribution in [0, 0.1) is 0 Å². The van der Waals surface area contributed by atoms with Gasteiger partial charge in [0.2, 0.25) is 0 Å². The van der Waals surface area contributed by atoms with Gasteiger partial charge in [0.25, 0.3) is 0 Å². The van der Waals surface area contributed by atoms with Gasteiger partial charge >= 0.3 is 0 Å². The van der Waals surface area contributed by atoms with Crippen LogP contribution in [0.25, 0.3) is 54.7 Å². The van der Waals surface area contributed by atoms with Crippen molar-refractivity contribution >= 4 is 49.5 Å². The third kappa shape index (κ3) is 5.56. The van der Waals surface area contributed by atoms with Crippen LogP contribution >= 0.6 is 0 Å². The lowest BCUT2D eigenvalue weighted by atomic mass is 9.67. The minimum absolute atomic E-state index is 0.701. The molecule has 13 rings (SSSR count). The van der Waals surface area contributed by atoms with Crippen molar-refractivity contribution in [3.8, 4) is 45.3 Å². The van der Waals surface area contributed by atoms with E-state index in [-0.39, 0.29) is 0 Å². The van der Waals surface area contributed by atoms with Gasteiger partial charge in [-0.05, 0) is 135 Å². The largest absolute Gasteiger partial charge is 0.449 e. The maximum atomic E-state index is 6.82. The van der Waals surface area contributed by atoms with Crippen molar-refractivity contribution in [3.63, 3.8) is 0 Å². The van der Waals surface area contributed by atoms with Crippen molar-refractivity contribution in [2.24, 2.45) is 0 Å². The Hall–Kier alpha value is -8.61. The van der Waals surface area contributed by atoms with Crippen LogP contribution < -0.4 is 14.4 Å². The smallest absolute Gasteiger partial charge is 0.178 e. The molecule has 6 heteroatoms. The van der Waals surface area contributed by atoms with Gasteiger partial charge in [-0.3, -0.25) is 15.0 Å². The molecule has 2 aliphatic rings. The Morgan fingerprint density at radius 2 is 1.08 bits per heavy atom. The molecule has 0 spiro atoms. The van der Waals surface area contributed by atoms with E-state index < -0.39 is 5.41 Å². The number of hydrogen-bond acceptors (Lipinski definition) is 6. The number of fused-ring (bicyclic) bond motifs is 9. The van der Waals surface area contributed by atoms with Crippen LogP contribution in [-0.4, -0.2) is 15.0 Å². The summed E-state index contributed by atoms with van der Waals surface area (Å²) in [5, 5.41) is 5.57. The van der Waals surface area contributed by atoms with Gasteiger partial charge in [0.05, 0.1) is 10.9 Å². The standard InChI is InChI=1S/C58H36N4O2/c1-2-8-50-49(7-1)56-51(24-26-55-57(56)64-54-10-4-3-9-53(54)63-55)58(50,44-16-13-37(14-17-44)39-12-11-38-27-30-60-36-43(38)32-39)45-18-21-46(22-19-45)62(47-20-15-42-35-59-31-28-40(42)33-47)48-23-25-52-41(34-48)6-5-29-61-52/h1-36H. The Morgan fingerprint density at radius 1 is 0.406 bits per heavy atom. The lowest BCUT2D eigenvalue weighted by Gasteiger charge is -2.35. The van der Waals surface area contributed by atoms with Gasteiger partial charge in [0, 0.05) is 69.8 Å². The summed E-state index contributed by atoms with van der Waals surface area (Å²) >= 11 is 0. The van der Waals surface area contributed by atoms with Crippen molar-refractivity contribution in [1.29, 1.82) is 0 Å². The number of pyridine rings is 3. The quantitative estimate of drug-likeness (QED) is 0.167. The first-order valence-electron chi connectivity index (χ1n) is 21.5. The second kappa shape index (κ2) is 14.2. The third-order valence-electron chi connectivity index (χ3n) is 13.0. The second-order valence-corrected chi connectivity index (χ2v) is 16.4. The zero-order valence-electron chi connectivity index (χ0n) is 34.4. The molecule has 0 N–H and O–H groups in total. The minimum atomic E-state index is -0.707. The van der Waals surface area contributed by atoms with Crippen LogP contribution in [0.15, 0.2) is 219 Å². The molecule has 0 saturated heterocycles. The number of para-hydroxylation sites is 2. The second-order valence-electron chi connectivity index (χ2n) is 16.4. The third-order valence-corrected chi connectivity index (χ3v) is 13.0. The Balaban J connectivity index is 1.01. The molecule has 1 atom stereocenters. The average Bonchev–Trinajstić information content (AvgIpc) is 3.67. The molecule has 11 aromatic rings. The molecule has 1 aliphatic carbocycles. The Morgan fingerprint density at radius 3 is 1.92 bits per heavy atom. The number of benzene rings is 8. The first-order chi connectivity index (χ1) is 31.7. The summed E-state index contributed by atoms with van der Waals surface area (Å²) < 4.78 is 13.3. The lowest BCUT2D eigenvalue weighted by molar-refractivity contribution is 0.360. The topological polar surface area (TPSA) is 60.4 Å². The molecule has 64 heavy (non-hydrogen) atoms. The molecule has 4 heterocycles. The molecule has 6 nitrogen and oxygen atoms in total. The van der Waals surface area contributed by atoms with E-state index in [2.05, 4.69) is 178 Å². The van der Waals surface area contributed by atoms with Crippen LogP contribution in [0.5, 0.6) is 23.0 Å². The fraction of sp³-hybridized carbons (Fsp3) is 0.0172. The molecule has 0 bridgehead atoms. The minimum Gasteiger partial charge on any atom is -0.449 e. The van der Waals surface area contributed by atoms with Crippen molar-refractivity contribution in [2.45, 2.75) is 5.41 Å². The Labute approximate surface area is 369 Å². The van der Waals surface area contributed by atoms with Crippen LogP contribution in [0.2, 0.25) is 0 Å². The van der Waals surface area contributed by atoms with E-state index in [1.165, 1.54) is 10.9 Å². The molecule has 0 amide bonds. The van der Waals surface area contributed by atoms with Crippen molar-refractivity contribution < 1.29 is 9.47 Å². The Bertz CT molecular complexity index is 3560. The monoisotopic (exact) mass is 820 g/mol. The number of rotatable bonds is 6. The predicted octanol–water partition coefficient (Wildman–Crippen LogP) is 14.7. The molecule has 3 aromatic heterocycles. The van der Waals surface area contributed by atoms with E-state index in [0.717, 1.165) is 88.8 Å². The first-order valence-corrected chi connectivity index (χ1v) is 21.5. The molecular formula is C58H36N4O2. The van der Waals surface area contributed by atoms with Crippen LogP contribution in [-0.2, 0) is 5.41 Å². The normalized spacial score (nSPS) is 14.6. The SMILES string of the molecule is c1ccc2c(c1)Oc1ccc3c(c1O2)-c1ccccc1C3(c1ccc(-c2ccc3ccncc3c2)cc1)c1ccc(N(c2ccc3cnccc3c2)c2ccc3ncccc3c2)cc1. The van der Waals surface area contributed by atoms with E-state index in [9.17, 15) is 0 Å². The summed E-state index contributed by atoms with van der Waals surface area (Å²) in [7, 11) is 0. The van der Waals surface area contributed by atoms with Crippen LogP contribution in [0.3, 0.4) is 0 Å². The molecule has 300 valence electrons. The molecule has 1 aliphatic heterocycles. The highest BCUT2D eigenvalue weighted by Gasteiger charge is 2.48. The molecule has 8 aromatic carbocycles. The molecule has 0 saturated carbocycles. The Kier molecular flexibility index (Phi) is 8.02. The summed E-state index contributed by atoms with van der Waals surface area (Å²) in [4.78, 5) is 15.7. The van der Waals surface area contributed by atoms with E-state index in [1.54, 1.807) is 0 Å². The van der Waals surface area contributed by atoms with E-state index >= 15 is 0 Å². The molecule has 0 radical (unpaired) electrons. The number of ether oxygens (including phenoxy) is 2. The fourth-order valence-electron chi connectivity index (χ4n) is 10.0. The fourth-order valence-corrected chi connectivity index (χ4v) is 10.0. The maximum Gasteiger partial charge on any atom is 0.178 e. The molecular weight excluding hydrogens is 785 g/mol. The van der Waals surface area contributed by atoms with E-state index in [1.807, 2.05) is 61.3 Å². The van der Waals surface area contributed by atoms with Gasteiger partial charge in [-0.2, -0.15) is 0 Å². The first kappa shape index (κ1) is 36.1.